The van der Waals surface area contributed by atoms with E-state index >= 15 is 0 Å². The molecule has 0 amide bonds. The van der Waals surface area contributed by atoms with Gasteiger partial charge in [-0.1, -0.05) is 23.7 Å². The summed E-state index contributed by atoms with van der Waals surface area (Å²) in [6.07, 6.45) is 1.41. The lowest BCUT2D eigenvalue weighted by Gasteiger charge is -2.33. The Morgan fingerprint density at radius 3 is 2.35 bits per heavy atom. The first kappa shape index (κ1) is 19.2. The predicted octanol–water partition coefficient (Wildman–Crippen LogP) is 1.98. The van der Waals surface area contributed by atoms with Crippen molar-refractivity contribution >= 4 is 21.6 Å². The highest BCUT2D eigenvalue weighted by Gasteiger charge is 2.32. The molecule has 0 atom stereocenters. The molecule has 2 heterocycles. The van der Waals surface area contributed by atoms with Crippen LogP contribution in [-0.2, 0) is 23.6 Å². The van der Waals surface area contributed by atoms with Gasteiger partial charge in [-0.05, 0) is 24.6 Å². The van der Waals surface area contributed by atoms with Gasteiger partial charge >= 0.3 is 0 Å². The molecule has 1 saturated heterocycles. The van der Waals surface area contributed by atoms with Crippen LogP contribution < -0.4 is 4.74 Å². The Labute approximate surface area is 159 Å². The van der Waals surface area contributed by atoms with Crippen molar-refractivity contribution in [3.8, 4) is 5.75 Å². The molecule has 0 radical (unpaired) electrons. The molecular formula is C17H23ClN4O3S. The SMILES string of the molecule is CCOc1ccc(CN2CCN(S(=O)(=O)c3ncn(C)c3Cl)CC2)cc1. The Bertz CT molecular complexity index is 843. The normalized spacial score (nSPS) is 16.7. The average molecular weight is 399 g/mol. The maximum Gasteiger partial charge on any atom is 0.263 e. The minimum Gasteiger partial charge on any atom is -0.494 e. The van der Waals surface area contributed by atoms with Gasteiger partial charge in [0.15, 0.2) is 0 Å². The Balaban J connectivity index is 1.59. The van der Waals surface area contributed by atoms with Crippen LogP contribution in [0.15, 0.2) is 35.6 Å². The summed E-state index contributed by atoms with van der Waals surface area (Å²) in [5, 5.41) is 0.0726. The molecule has 9 heteroatoms. The summed E-state index contributed by atoms with van der Waals surface area (Å²) < 4.78 is 33.8. The zero-order valence-electron chi connectivity index (χ0n) is 14.9. The van der Waals surface area contributed by atoms with Crippen molar-refractivity contribution in [3.05, 3.63) is 41.3 Å². The van der Waals surface area contributed by atoms with E-state index in [0.717, 1.165) is 12.3 Å². The number of sulfonamides is 1. The third-order valence-electron chi connectivity index (χ3n) is 4.39. The Morgan fingerprint density at radius 2 is 1.81 bits per heavy atom. The zero-order valence-corrected chi connectivity index (χ0v) is 16.5. The molecule has 1 aliphatic rings. The second kappa shape index (κ2) is 7.96. The van der Waals surface area contributed by atoms with Crippen molar-refractivity contribution in [1.29, 1.82) is 0 Å². The van der Waals surface area contributed by atoms with Crippen LogP contribution >= 0.6 is 11.6 Å². The number of rotatable bonds is 6. The number of aromatic nitrogens is 2. The lowest BCUT2D eigenvalue weighted by atomic mass is 10.2. The minimum atomic E-state index is -3.65. The van der Waals surface area contributed by atoms with Crippen LogP contribution in [0.25, 0.3) is 0 Å². The number of halogens is 1. The van der Waals surface area contributed by atoms with E-state index in [1.807, 2.05) is 31.2 Å². The second-order valence-corrected chi connectivity index (χ2v) is 8.42. The summed E-state index contributed by atoms with van der Waals surface area (Å²) in [7, 11) is -1.98. The van der Waals surface area contributed by atoms with E-state index in [2.05, 4.69) is 9.88 Å². The summed E-state index contributed by atoms with van der Waals surface area (Å²) in [6.45, 7) is 5.56. The Hall–Kier alpha value is -1.61. The molecule has 142 valence electrons. The van der Waals surface area contributed by atoms with Gasteiger partial charge in [-0.3, -0.25) is 4.90 Å². The summed E-state index contributed by atoms with van der Waals surface area (Å²) in [5.74, 6) is 0.861. The van der Waals surface area contributed by atoms with E-state index < -0.39 is 10.0 Å². The second-order valence-electron chi connectivity index (χ2n) is 6.21. The Kier molecular flexibility index (Phi) is 5.86. The number of hydrogen-bond acceptors (Lipinski definition) is 5. The van der Waals surface area contributed by atoms with E-state index in [-0.39, 0.29) is 10.2 Å². The van der Waals surface area contributed by atoms with Gasteiger partial charge in [-0.2, -0.15) is 4.31 Å². The van der Waals surface area contributed by atoms with Crippen molar-refractivity contribution in [2.75, 3.05) is 32.8 Å². The fourth-order valence-electron chi connectivity index (χ4n) is 2.93. The van der Waals surface area contributed by atoms with Crippen LogP contribution in [-0.4, -0.2) is 60.0 Å². The zero-order chi connectivity index (χ0) is 18.7. The molecule has 0 N–H and O–H groups in total. The quantitative estimate of drug-likeness (QED) is 0.744. The molecule has 0 unspecified atom stereocenters. The van der Waals surface area contributed by atoms with Gasteiger partial charge < -0.3 is 9.30 Å². The predicted molar refractivity (Wildman–Crippen MR) is 99.9 cm³/mol. The summed E-state index contributed by atoms with van der Waals surface area (Å²) in [6, 6.07) is 8.01. The molecule has 3 rings (SSSR count). The monoisotopic (exact) mass is 398 g/mol. The van der Waals surface area contributed by atoms with E-state index in [0.29, 0.717) is 32.8 Å². The molecule has 1 aromatic carbocycles. The third-order valence-corrected chi connectivity index (χ3v) is 6.78. The highest BCUT2D eigenvalue weighted by Crippen LogP contribution is 2.24. The Morgan fingerprint density at radius 1 is 1.15 bits per heavy atom. The van der Waals surface area contributed by atoms with E-state index in [1.165, 1.54) is 20.8 Å². The highest BCUT2D eigenvalue weighted by molar-refractivity contribution is 7.89. The molecule has 1 fully saturated rings. The molecule has 0 bridgehead atoms. The minimum absolute atomic E-state index is 0.0679. The smallest absolute Gasteiger partial charge is 0.263 e. The molecule has 26 heavy (non-hydrogen) atoms. The molecule has 0 spiro atoms. The molecule has 0 saturated carbocycles. The number of piperazine rings is 1. The van der Waals surface area contributed by atoms with Crippen molar-refractivity contribution < 1.29 is 13.2 Å². The van der Waals surface area contributed by atoms with Crippen LogP contribution in [0.2, 0.25) is 5.15 Å². The molecule has 7 nitrogen and oxygen atoms in total. The fourth-order valence-corrected chi connectivity index (χ4v) is 4.74. The number of hydrogen-bond donors (Lipinski definition) is 0. The van der Waals surface area contributed by atoms with Crippen molar-refractivity contribution in [2.24, 2.45) is 7.05 Å². The van der Waals surface area contributed by atoms with Crippen molar-refractivity contribution in [3.63, 3.8) is 0 Å². The van der Waals surface area contributed by atoms with Gasteiger partial charge in [0, 0.05) is 39.8 Å². The highest BCUT2D eigenvalue weighted by atomic mass is 35.5. The van der Waals surface area contributed by atoms with E-state index in [1.54, 1.807) is 7.05 Å². The lowest BCUT2D eigenvalue weighted by molar-refractivity contribution is 0.181. The van der Waals surface area contributed by atoms with Crippen LogP contribution in [0.3, 0.4) is 0 Å². The maximum absolute atomic E-state index is 12.7. The van der Waals surface area contributed by atoms with E-state index in [9.17, 15) is 8.42 Å². The first-order valence-electron chi connectivity index (χ1n) is 8.53. The summed E-state index contributed by atoms with van der Waals surface area (Å²) in [4.78, 5) is 6.19. The topological polar surface area (TPSA) is 67.7 Å². The van der Waals surface area contributed by atoms with Crippen LogP contribution in [0.4, 0.5) is 0 Å². The molecule has 1 aromatic heterocycles. The largest absolute Gasteiger partial charge is 0.494 e. The van der Waals surface area contributed by atoms with Gasteiger partial charge in [-0.25, -0.2) is 13.4 Å². The number of aryl methyl sites for hydroxylation is 1. The number of nitrogens with zero attached hydrogens (tertiary/aromatic N) is 4. The third kappa shape index (κ3) is 4.03. The van der Waals surface area contributed by atoms with Gasteiger partial charge in [0.1, 0.15) is 10.9 Å². The first-order chi connectivity index (χ1) is 12.4. The standard InChI is InChI=1S/C17H23ClN4O3S/c1-3-25-15-6-4-14(5-7-15)12-21-8-10-22(11-9-21)26(23,24)17-16(18)20(2)13-19-17/h4-7,13H,3,8-12H2,1-2H3. The number of imidazole rings is 1. The summed E-state index contributed by atoms with van der Waals surface area (Å²) in [5.41, 5.74) is 1.18. The van der Waals surface area contributed by atoms with Gasteiger partial charge in [0.2, 0.25) is 5.03 Å². The number of ether oxygens (including phenoxy) is 1. The van der Waals surface area contributed by atoms with E-state index in [4.69, 9.17) is 16.3 Å². The van der Waals surface area contributed by atoms with Crippen molar-refractivity contribution in [2.45, 2.75) is 18.5 Å². The number of benzene rings is 1. The van der Waals surface area contributed by atoms with Gasteiger partial charge in [-0.15, -0.1) is 0 Å². The first-order valence-corrected chi connectivity index (χ1v) is 10.3. The van der Waals surface area contributed by atoms with Crippen molar-refractivity contribution in [1.82, 2.24) is 18.8 Å². The average Bonchev–Trinajstić information content (AvgIpc) is 2.97. The fraction of sp³-hybridized carbons (Fsp3) is 0.471. The lowest BCUT2D eigenvalue weighted by Crippen LogP contribution is -2.48. The maximum atomic E-state index is 12.7. The molecule has 1 aliphatic heterocycles. The van der Waals surface area contributed by atoms with Gasteiger partial charge in [0.05, 0.1) is 12.9 Å². The molecular weight excluding hydrogens is 376 g/mol. The van der Waals surface area contributed by atoms with Crippen LogP contribution in [0.5, 0.6) is 5.75 Å². The van der Waals surface area contributed by atoms with Crippen LogP contribution in [0, 0.1) is 0 Å². The van der Waals surface area contributed by atoms with Gasteiger partial charge in [0.25, 0.3) is 10.0 Å². The molecule has 2 aromatic rings. The molecule has 0 aliphatic carbocycles. The summed E-state index contributed by atoms with van der Waals surface area (Å²) >= 11 is 6.06. The van der Waals surface area contributed by atoms with Crippen LogP contribution in [0.1, 0.15) is 12.5 Å².